The van der Waals surface area contributed by atoms with Crippen molar-refractivity contribution in [2.24, 2.45) is 5.41 Å². The zero-order valence-corrected chi connectivity index (χ0v) is 11.9. The molecule has 0 amide bonds. The van der Waals surface area contributed by atoms with Crippen LogP contribution in [0.5, 0.6) is 0 Å². The third-order valence-corrected chi connectivity index (χ3v) is 2.69. The van der Waals surface area contributed by atoms with E-state index in [1.807, 2.05) is 19.9 Å². The van der Waals surface area contributed by atoms with E-state index >= 15 is 0 Å². The van der Waals surface area contributed by atoms with Gasteiger partial charge in [-0.1, -0.05) is 30.7 Å². The average Bonchev–Trinajstić information content (AvgIpc) is 2.16. The standard InChI is InChI=1S/C15H26O2/c1-6-10-15(5,11-8-9-13(3)4)12-14(16)17-7-2/h6,9-10H,7-8,11-12H2,1-5H3/b10-6+. The summed E-state index contributed by atoms with van der Waals surface area (Å²) in [6.07, 6.45) is 8.78. The Bertz CT molecular complexity index is 285. The number of carbonyl (C=O) groups excluding carboxylic acids is 1. The van der Waals surface area contributed by atoms with Crippen molar-refractivity contribution in [3.63, 3.8) is 0 Å². The monoisotopic (exact) mass is 238 g/mol. The summed E-state index contributed by atoms with van der Waals surface area (Å²) in [7, 11) is 0. The zero-order valence-electron chi connectivity index (χ0n) is 11.9. The Kier molecular flexibility index (Phi) is 7.60. The Morgan fingerprint density at radius 3 is 2.47 bits per heavy atom. The first kappa shape index (κ1) is 16.0. The summed E-state index contributed by atoms with van der Waals surface area (Å²) in [4.78, 5) is 11.6. The predicted molar refractivity (Wildman–Crippen MR) is 72.8 cm³/mol. The van der Waals surface area contributed by atoms with Crippen LogP contribution in [0.15, 0.2) is 23.8 Å². The van der Waals surface area contributed by atoms with Crippen molar-refractivity contribution in [1.29, 1.82) is 0 Å². The Balaban J connectivity index is 4.45. The SMILES string of the molecule is C/C=C/C(C)(CCC=C(C)C)CC(=O)OCC. The van der Waals surface area contributed by atoms with E-state index < -0.39 is 0 Å². The van der Waals surface area contributed by atoms with Crippen LogP contribution in [0.3, 0.4) is 0 Å². The molecule has 0 rings (SSSR count). The molecule has 17 heavy (non-hydrogen) atoms. The van der Waals surface area contributed by atoms with Gasteiger partial charge in [0.2, 0.25) is 0 Å². The number of hydrogen-bond acceptors (Lipinski definition) is 2. The second kappa shape index (κ2) is 8.10. The summed E-state index contributed by atoms with van der Waals surface area (Å²) in [5, 5.41) is 0. The van der Waals surface area contributed by atoms with Crippen LogP contribution in [0.2, 0.25) is 0 Å². The number of esters is 1. The zero-order chi connectivity index (χ0) is 13.3. The Labute approximate surface area is 106 Å². The first-order valence-corrected chi connectivity index (χ1v) is 6.36. The van der Waals surface area contributed by atoms with Crippen molar-refractivity contribution in [1.82, 2.24) is 0 Å². The minimum atomic E-state index is -0.106. The molecule has 1 unspecified atom stereocenters. The quantitative estimate of drug-likeness (QED) is 0.489. The second-order valence-corrected chi connectivity index (χ2v) is 4.96. The van der Waals surface area contributed by atoms with Gasteiger partial charge in [0.25, 0.3) is 0 Å². The highest BCUT2D eigenvalue weighted by Crippen LogP contribution is 2.30. The molecule has 0 heterocycles. The number of hydrogen-bond donors (Lipinski definition) is 0. The highest BCUT2D eigenvalue weighted by molar-refractivity contribution is 5.70. The summed E-state index contributed by atoms with van der Waals surface area (Å²) >= 11 is 0. The van der Waals surface area contributed by atoms with E-state index in [0.717, 1.165) is 12.8 Å². The third kappa shape index (κ3) is 7.78. The normalized spacial score (nSPS) is 14.4. The van der Waals surface area contributed by atoms with Gasteiger partial charge in [-0.25, -0.2) is 0 Å². The summed E-state index contributed by atoms with van der Waals surface area (Å²) < 4.78 is 5.02. The number of rotatable bonds is 7. The van der Waals surface area contributed by atoms with Crippen LogP contribution in [0.1, 0.15) is 53.9 Å². The molecule has 0 aliphatic heterocycles. The molecule has 98 valence electrons. The molecule has 1 atom stereocenters. The highest BCUT2D eigenvalue weighted by atomic mass is 16.5. The van der Waals surface area contributed by atoms with Gasteiger partial charge < -0.3 is 4.74 Å². The van der Waals surface area contributed by atoms with Gasteiger partial charge in [-0.15, -0.1) is 0 Å². The van der Waals surface area contributed by atoms with Gasteiger partial charge in [-0.3, -0.25) is 4.79 Å². The molecule has 0 aromatic carbocycles. The number of allylic oxidation sites excluding steroid dienone is 4. The first-order chi connectivity index (χ1) is 7.93. The molecule has 2 heteroatoms. The van der Waals surface area contributed by atoms with E-state index in [-0.39, 0.29) is 11.4 Å². The van der Waals surface area contributed by atoms with Crippen LogP contribution in [0.25, 0.3) is 0 Å². The Morgan fingerprint density at radius 2 is 2.00 bits per heavy atom. The lowest BCUT2D eigenvalue weighted by Gasteiger charge is -2.24. The highest BCUT2D eigenvalue weighted by Gasteiger charge is 2.24. The summed E-state index contributed by atoms with van der Waals surface area (Å²) in [5.41, 5.74) is 1.23. The van der Waals surface area contributed by atoms with E-state index in [2.05, 4.69) is 32.9 Å². The smallest absolute Gasteiger partial charge is 0.306 e. The van der Waals surface area contributed by atoms with Gasteiger partial charge in [-0.05, 0) is 46.0 Å². The molecule has 0 radical (unpaired) electrons. The molecule has 0 N–H and O–H groups in total. The lowest BCUT2D eigenvalue weighted by atomic mass is 9.81. The van der Waals surface area contributed by atoms with E-state index in [4.69, 9.17) is 4.74 Å². The fraction of sp³-hybridized carbons (Fsp3) is 0.667. The minimum Gasteiger partial charge on any atom is -0.466 e. The molecule has 0 aromatic heterocycles. The van der Waals surface area contributed by atoms with Gasteiger partial charge >= 0.3 is 5.97 Å². The van der Waals surface area contributed by atoms with E-state index in [1.165, 1.54) is 5.57 Å². The van der Waals surface area contributed by atoms with Crippen LogP contribution in [-0.2, 0) is 9.53 Å². The predicted octanol–water partition coefficient (Wildman–Crippen LogP) is 4.27. The van der Waals surface area contributed by atoms with Crippen molar-refractivity contribution < 1.29 is 9.53 Å². The van der Waals surface area contributed by atoms with Crippen LogP contribution in [-0.4, -0.2) is 12.6 Å². The third-order valence-electron chi connectivity index (χ3n) is 2.69. The molecule has 0 aliphatic carbocycles. The van der Waals surface area contributed by atoms with Gasteiger partial charge in [0.1, 0.15) is 0 Å². The van der Waals surface area contributed by atoms with Crippen LogP contribution >= 0.6 is 0 Å². The largest absolute Gasteiger partial charge is 0.466 e. The van der Waals surface area contributed by atoms with Crippen LogP contribution < -0.4 is 0 Å². The fourth-order valence-electron chi connectivity index (χ4n) is 1.87. The second-order valence-electron chi connectivity index (χ2n) is 4.96. The molecule has 0 spiro atoms. The van der Waals surface area contributed by atoms with E-state index in [0.29, 0.717) is 13.0 Å². The van der Waals surface area contributed by atoms with Crippen molar-refractivity contribution in [2.45, 2.75) is 53.9 Å². The van der Waals surface area contributed by atoms with Gasteiger partial charge in [0.15, 0.2) is 0 Å². The van der Waals surface area contributed by atoms with Crippen molar-refractivity contribution in [3.05, 3.63) is 23.8 Å². The maximum atomic E-state index is 11.6. The fourth-order valence-corrected chi connectivity index (χ4v) is 1.87. The maximum Gasteiger partial charge on any atom is 0.306 e. The molecular formula is C15H26O2. The number of carbonyl (C=O) groups is 1. The van der Waals surface area contributed by atoms with Crippen molar-refractivity contribution >= 4 is 5.97 Å². The lowest BCUT2D eigenvalue weighted by molar-refractivity contribution is -0.145. The van der Waals surface area contributed by atoms with Gasteiger partial charge in [0.05, 0.1) is 13.0 Å². The molecule has 0 aliphatic rings. The Hall–Kier alpha value is -1.05. The molecule has 0 saturated heterocycles. The van der Waals surface area contributed by atoms with Gasteiger partial charge in [-0.2, -0.15) is 0 Å². The summed E-state index contributed by atoms with van der Waals surface area (Å²) in [6, 6.07) is 0. The lowest BCUT2D eigenvalue weighted by Crippen LogP contribution is -2.20. The van der Waals surface area contributed by atoms with Crippen molar-refractivity contribution in [3.8, 4) is 0 Å². The topological polar surface area (TPSA) is 26.3 Å². The molecule has 0 saturated carbocycles. The first-order valence-electron chi connectivity index (χ1n) is 6.36. The molecule has 0 aromatic rings. The summed E-state index contributed by atoms with van der Waals surface area (Å²) in [5.74, 6) is -0.106. The van der Waals surface area contributed by atoms with Gasteiger partial charge in [0, 0.05) is 0 Å². The minimum absolute atomic E-state index is 0.0903. The Morgan fingerprint density at radius 1 is 1.35 bits per heavy atom. The van der Waals surface area contributed by atoms with E-state index in [1.54, 1.807) is 0 Å². The van der Waals surface area contributed by atoms with Crippen LogP contribution in [0.4, 0.5) is 0 Å². The number of ether oxygens (including phenoxy) is 1. The molecular weight excluding hydrogens is 212 g/mol. The molecule has 0 fully saturated rings. The summed E-state index contributed by atoms with van der Waals surface area (Å²) in [6.45, 7) is 10.6. The van der Waals surface area contributed by atoms with E-state index in [9.17, 15) is 4.79 Å². The maximum absolute atomic E-state index is 11.6. The van der Waals surface area contributed by atoms with Crippen molar-refractivity contribution in [2.75, 3.05) is 6.61 Å². The van der Waals surface area contributed by atoms with Crippen LogP contribution in [0, 0.1) is 5.41 Å². The molecule has 2 nitrogen and oxygen atoms in total. The average molecular weight is 238 g/mol. The molecule has 0 bridgehead atoms.